The van der Waals surface area contributed by atoms with Crippen LogP contribution in [0.2, 0.25) is 0 Å². The first-order valence-corrected chi connectivity index (χ1v) is 29.2. The Morgan fingerprint density at radius 2 is 0.933 bits per heavy atom. The van der Waals surface area contributed by atoms with Crippen molar-refractivity contribution in [1.82, 2.24) is 14.1 Å². The maximum absolute atomic E-state index is 9.29. The van der Waals surface area contributed by atoms with E-state index in [0.717, 1.165) is 54.9 Å². The van der Waals surface area contributed by atoms with E-state index in [-0.39, 0.29) is 58.0 Å². The highest BCUT2D eigenvalue weighted by molar-refractivity contribution is 6.12. The molecule has 7 nitrogen and oxygen atoms in total. The third-order valence-corrected chi connectivity index (χ3v) is 16.5. The standard InChI is InChI=1S/C82H61N5O2/c1-82(2,3)59-48-70(57-28-12-6-13-29-57)81(71(49-59)58-30-14-7-15-31-58)89-64-46-47-83-79(53-64)87-75-45-42-61(86-73-38-18-16-34-67(73)68-35-17-19-39-74(68)86)51-72(75)69-44-43-63(52-78(69)87)88-62-33-22-32-60(50-62)84-54-85(77-41-21-20-40-76(77)84)80-65(55-24-8-4-9-25-55)36-23-37-66(80)56-26-10-5-11-27-56/h4-53H,54H2,1-3H3/i4D,5D,6D,8D,9D,10D,11D,12D,13D,24D,25D,26D,27D,28D,29D. The number of fused-ring (bicyclic) bond motifs is 7. The van der Waals surface area contributed by atoms with Crippen LogP contribution in [0.25, 0.3) is 99.6 Å². The van der Waals surface area contributed by atoms with Gasteiger partial charge in [0.25, 0.3) is 0 Å². The van der Waals surface area contributed by atoms with Crippen LogP contribution in [0.5, 0.6) is 23.0 Å². The molecule has 0 aliphatic carbocycles. The molecule has 12 aromatic carbocycles. The molecule has 0 unspecified atom stereocenters. The van der Waals surface area contributed by atoms with Gasteiger partial charge in [-0.05, 0) is 118 Å². The molecule has 16 rings (SSSR count). The predicted molar refractivity (Wildman–Crippen MR) is 368 cm³/mol. The van der Waals surface area contributed by atoms with Crippen molar-refractivity contribution in [1.29, 1.82) is 0 Å². The highest BCUT2D eigenvalue weighted by atomic mass is 16.5. The number of pyridine rings is 1. The van der Waals surface area contributed by atoms with Crippen molar-refractivity contribution < 1.29 is 30.0 Å². The SMILES string of the molecule is [2H]c1c([2H])c([2H])c(-c2cc(C(C)(C)C)cc(-c3ccccc3)c2Oc2ccnc(-n3c4ccc(-n5c6ccccc6c6ccccc65)cc4c4ccc(Oc5cccc(N6CN(c7c(-c8c([2H])c([2H])c([2H])c([2H])c8[2H])cccc7-c7c([2H])c([2H])c([2H])c([2H])c7[2H])c7ccccc76)c5)cc43)c2)c([2H])c1[2H]. The average Bonchev–Trinajstić information content (AvgIpc) is 1.41. The van der Waals surface area contributed by atoms with E-state index in [9.17, 15) is 8.22 Å². The van der Waals surface area contributed by atoms with Crippen LogP contribution in [0.4, 0.5) is 22.7 Å². The van der Waals surface area contributed by atoms with Crippen LogP contribution < -0.4 is 19.3 Å². The summed E-state index contributed by atoms with van der Waals surface area (Å²) >= 11 is 0. The number of para-hydroxylation sites is 5. The lowest BCUT2D eigenvalue weighted by atomic mass is 9.82. The molecule has 0 fully saturated rings. The number of nitrogens with zero attached hydrogens (tertiary/aromatic N) is 5. The molecule has 0 bridgehead atoms. The first-order valence-electron chi connectivity index (χ1n) is 36.7. The van der Waals surface area contributed by atoms with Gasteiger partial charge in [-0.3, -0.25) is 4.57 Å². The zero-order chi connectivity index (χ0) is 72.6. The lowest BCUT2D eigenvalue weighted by molar-refractivity contribution is 0.483. The van der Waals surface area contributed by atoms with E-state index in [0.29, 0.717) is 56.8 Å². The van der Waals surface area contributed by atoms with Crippen LogP contribution in [0.3, 0.4) is 0 Å². The Labute approximate surface area is 538 Å². The van der Waals surface area contributed by atoms with Gasteiger partial charge in [-0.2, -0.15) is 0 Å². The minimum absolute atomic E-state index is 0.00413. The summed E-state index contributed by atoms with van der Waals surface area (Å²) in [5.74, 6) is 1.99. The molecule has 89 heavy (non-hydrogen) atoms. The van der Waals surface area contributed by atoms with Gasteiger partial charge in [0.1, 0.15) is 35.5 Å². The Balaban J connectivity index is 0.835. The molecule has 0 amide bonds. The number of hydrogen-bond donors (Lipinski definition) is 0. The molecule has 0 spiro atoms. The molecule has 0 saturated heterocycles. The van der Waals surface area contributed by atoms with E-state index in [2.05, 4.69) is 67.8 Å². The van der Waals surface area contributed by atoms with E-state index >= 15 is 0 Å². The first kappa shape index (κ1) is 39.3. The number of ether oxygens (including phenoxy) is 2. The van der Waals surface area contributed by atoms with Crippen molar-refractivity contribution >= 4 is 66.4 Å². The van der Waals surface area contributed by atoms with E-state index in [1.807, 2.05) is 154 Å². The topological polar surface area (TPSA) is 47.7 Å². The Hall–Kier alpha value is -11.4. The Morgan fingerprint density at radius 1 is 0.382 bits per heavy atom. The maximum atomic E-state index is 9.29. The molecule has 426 valence electrons. The van der Waals surface area contributed by atoms with E-state index < -0.39 is 84.0 Å². The Morgan fingerprint density at radius 3 is 1.60 bits per heavy atom. The molecule has 3 aromatic heterocycles. The molecular weight excluding hydrogens is 1090 g/mol. The van der Waals surface area contributed by atoms with Gasteiger partial charge in [-0.15, -0.1) is 0 Å². The van der Waals surface area contributed by atoms with Crippen molar-refractivity contribution in [3.63, 3.8) is 0 Å². The summed E-state index contributed by atoms with van der Waals surface area (Å²) in [7, 11) is 0. The minimum Gasteiger partial charge on any atom is -0.457 e. The molecule has 0 atom stereocenters. The van der Waals surface area contributed by atoms with E-state index in [1.54, 1.807) is 30.5 Å². The fraction of sp³-hybridized carbons (Fsp3) is 0.0610. The normalized spacial score (nSPS) is 14.7. The number of aromatic nitrogens is 3. The summed E-state index contributed by atoms with van der Waals surface area (Å²) in [5, 5.41) is 3.99. The van der Waals surface area contributed by atoms with Crippen molar-refractivity contribution in [3.05, 3.63) is 309 Å². The number of anilines is 4. The summed E-state index contributed by atoms with van der Waals surface area (Å²) in [5.41, 5.74) is 8.95. The second-order valence-electron chi connectivity index (χ2n) is 22.8. The third kappa shape index (κ3) is 9.52. The Bertz CT molecular complexity index is 5900. The number of rotatable bonds is 12. The third-order valence-electron chi connectivity index (χ3n) is 16.5. The van der Waals surface area contributed by atoms with Crippen molar-refractivity contribution in [2.45, 2.75) is 26.2 Å². The van der Waals surface area contributed by atoms with Crippen LogP contribution in [0, 0.1) is 0 Å². The fourth-order valence-corrected chi connectivity index (χ4v) is 12.4. The van der Waals surface area contributed by atoms with Gasteiger partial charge in [-0.25, -0.2) is 4.98 Å². The molecular formula is C82H61N5O2. The zero-order valence-corrected chi connectivity index (χ0v) is 48.5. The van der Waals surface area contributed by atoms with Crippen molar-refractivity contribution in [2.24, 2.45) is 0 Å². The Kier molecular flexibility index (Phi) is 9.64. The number of hydrogen-bond acceptors (Lipinski definition) is 5. The van der Waals surface area contributed by atoms with Crippen molar-refractivity contribution in [2.75, 3.05) is 16.5 Å². The minimum atomic E-state index is -0.584. The quantitative estimate of drug-likeness (QED) is 0.122. The van der Waals surface area contributed by atoms with Crippen molar-refractivity contribution in [3.8, 4) is 79.0 Å². The average molecular weight is 1160 g/mol. The van der Waals surface area contributed by atoms with E-state index in [4.69, 9.17) is 26.8 Å². The van der Waals surface area contributed by atoms with Gasteiger partial charge in [0.05, 0.1) is 59.7 Å². The fourth-order valence-electron chi connectivity index (χ4n) is 12.4. The smallest absolute Gasteiger partial charge is 0.143 e. The summed E-state index contributed by atoms with van der Waals surface area (Å²) in [4.78, 5) is 8.94. The maximum Gasteiger partial charge on any atom is 0.143 e. The van der Waals surface area contributed by atoms with Crippen LogP contribution >= 0.6 is 0 Å². The van der Waals surface area contributed by atoms with Gasteiger partial charge >= 0.3 is 0 Å². The predicted octanol–water partition coefficient (Wildman–Crippen LogP) is 22.1. The molecule has 4 heterocycles. The van der Waals surface area contributed by atoms with Gasteiger partial charge in [0.15, 0.2) is 0 Å². The molecule has 1 aliphatic rings. The lowest BCUT2D eigenvalue weighted by Crippen LogP contribution is -2.24. The van der Waals surface area contributed by atoms with Gasteiger partial charge < -0.3 is 23.8 Å². The second-order valence-corrected chi connectivity index (χ2v) is 22.8. The van der Waals surface area contributed by atoms with Crippen LogP contribution in [-0.4, -0.2) is 20.8 Å². The molecule has 0 radical (unpaired) electrons. The molecule has 7 heteroatoms. The summed E-state index contributed by atoms with van der Waals surface area (Å²) in [6, 6.07) is 58.3. The second kappa shape index (κ2) is 21.8. The zero-order valence-electron chi connectivity index (χ0n) is 63.5. The lowest BCUT2D eigenvalue weighted by Gasteiger charge is -2.27. The largest absolute Gasteiger partial charge is 0.457 e. The molecule has 0 saturated carbocycles. The summed E-state index contributed by atoms with van der Waals surface area (Å²) in [6.45, 7) is 6.21. The first-order chi connectivity index (χ1) is 50.0. The summed E-state index contributed by atoms with van der Waals surface area (Å²) < 4.78 is 152. The molecule has 15 aromatic rings. The van der Waals surface area contributed by atoms with Crippen LogP contribution in [0.15, 0.2) is 303 Å². The molecule has 0 N–H and O–H groups in total. The van der Waals surface area contributed by atoms with Crippen LogP contribution in [0.1, 0.15) is 46.9 Å². The van der Waals surface area contributed by atoms with Gasteiger partial charge in [-0.1, -0.05) is 215 Å². The van der Waals surface area contributed by atoms with Gasteiger partial charge in [0, 0.05) is 79.6 Å². The van der Waals surface area contributed by atoms with Gasteiger partial charge in [0.2, 0.25) is 0 Å². The number of benzene rings is 12. The summed E-state index contributed by atoms with van der Waals surface area (Å²) in [6.07, 6.45) is 1.65. The van der Waals surface area contributed by atoms with E-state index in [1.165, 1.54) is 0 Å². The highest BCUT2D eigenvalue weighted by Crippen LogP contribution is 2.51. The highest BCUT2D eigenvalue weighted by Gasteiger charge is 2.32. The molecule has 1 aliphatic heterocycles. The monoisotopic (exact) mass is 1160 g/mol. The van der Waals surface area contributed by atoms with Crippen LogP contribution in [-0.2, 0) is 5.41 Å².